The molecule has 3 heterocycles. The van der Waals surface area contributed by atoms with E-state index in [1.807, 2.05) is 0 Å². The van der Waals surface area contributed by atoms with Gasteiger partial charge in [-0.1, -0.05) is 13.8 Å². The van der Waals surface area contributed by atoms with E-state index in [0.29, 0.717) is 25.6 Å². The molecule has 1 aromatic heterocycles. The van der Waals surface area contributed by atoms with E-state index in [4.69, 9.17) is 0 Å². The van der Waals surface area contributed by atoms with Crippen molar-refractivity contribution in [2.75, 3.05) is 39.8 Å². The van der Waals surface area contributed by atoms with Crippen LogP contribution in [0.1, 0.15) is 45.4 Å². The van der Waals surface area contributed by atoms with Gasteiger partial charge in [0, 0.05) is 38.6 Å². The Kier molecular flexibility index (Phi) is 7.29. The second-order valence-electron chi connectivity index (χ2n) is 8.78. The lowest BCUT2D eigenvalue weighted by Gasteiger charge is -2.22. The molecule has 0 spiro atoms. The zero-order chi connectivity index (χ0) is 20.1. The van der Waals surface area contributed by atoms with E-state index >= 15 is 0 Å². The summed E-state index contributed by atoms with van der Waals surface area (Å²) in [6.45, 7) is 10.1. The van der Waals surface area contributed by atoms with Gasteiger partial charge in [-0.3, -0.25) is 14.3 Å². The Labute approximate surface area is 167 Å². The second kappa shape index (κ2) is 9.69. The minimum atomic E-state index is -0.00341. The van der Waals surface area contributed by atoms with Crippen molar-refractivity contribution >= 4 is 5.91 Å². The van der Waals surface area contributed by atoms with Crippen LogP contribution in [0.25, 0.3) is 0 Å². The number of likely N-dealkylation sites (N-methyl/N-ethyl adjacent to an activating group) is 1. The molecule has 8 nitrogen and oxygen atoms in total. The van der Waals surface area contributed by atoms with E-state index in [2.05, 4.69) is 41.1 Å². The van der Waals surface area contributed by atoms with Crippen molar-refractivity contribution in [3.63, 3.8) is 0 Å². The number of nitrogens with zero attached hydrogens (tertiary/aromatic N) is 5. The van der Waals surface area contributed by atoms with Gasteiger partial charge >= 0.3 is 5.69 Å². The van der Waals surface area contributed by atoms with Crippen LogP contribution in [-0.4, -0.2) is 75.9 Å². The summed E-state index contributed by atoms with van der Waals surface area (Å²) < 4.78 is 3.42. The van der Waals surface area contributed by atoms with Crippen molar-refractivity contribution in [1.29, 1.82) is 0 Å². The number of carbonyl (C=O) groups is 1. The van der Waals surface area contributed by atoms with Crippen molar-refractivity contribution in [1.82, 2.24) is 29.5 Å². The molecule has 1 unspecified atom stereocenters. The molecule has 3 rings (SSSR count). The minimum Gasteiger partial charge on any atom is -0.352 e. The largest absolute Gasteiger partial charge is 0.352 e. The van der Waals surface area contributed by atoms with Crippen LogP contribution in [0.4, 0.5) is 0 Å². The smallest absolute Gasteiger partial charge is 0.345 e. The summed E-state index contributed by atoms with van der Waals surface area (Å²) in [5, 5.41) is 7.74. The molecule has 2 aliphatic heterocycles. The molecule has 1 amide bonds. The van der Waals surface area contributed by atoms with Crippen molar-refractivity contribution in [2.24, 2.45) is 5.92 Å². The van der Waals surface area contributed by atoms with Crippen LogP contribution < -0.4 is 11.0 Å². The summed E-state index contributed by atoms with van der Waals surface area (Å²) in [5.41, 5.74) is -0.00341. The van der Waals surface area contributed by atoms with Crippen LogP contribution in [-0.2, 0) is 24.3 Å². The predicted octanol–water partition coefficient (Wildman–Crippen LogP) is 0.550. The van der Waals surface area contributed by atoms with Crippen molar-refractivity contribution in [3.8, 4) is 0 Å². The molecule has 2 aliphatic rings. The lowest BCUT2D eigenvalue weighted by molar-refractivity contribution is -0.123. The highest BCUT2D eigenvalue weighted by molar-refractivity contribution is 5.78. The molecule has 1 saturated heterocycles. The molecule has 1 aromatic rings. The van der Waals surface area contributed by atoms with Gasteiger partial charge in [0.1, 0.15) is 5.82 Å². The summed E-state index contributed by atoms with van der Waals surface area (Å²) in [4.78, 5) is 29.7. The first kappa shape index (κ1) is 21.0. The van der Waals surface area contributed by atoms with Crippen molar-refractivity contribution in [2.45, 2.75) is 65.1 Å². The first-order valence-electron chi connectivity index (χ1n) is 10.8. The fourth-order valence-electron chi connectivity index (χ4n) is 4.03. The number of fused-ring (bicyclic) bond motifs is 1. The van der Waals surface area contributed by atoms with Gasteiger partial charge in [0.15, 0.2) is 0 Å². The third-order valence-corrected chi connectivity index (χ3v) is 5.88. The van der Waals surface area contributed by atoms with Gasteiger partial charge in [-0.25, -0.2) is 9.48 Å². The Morgan fingerprint density at radius 1 is 1.18 bits per heavy atom. The third kappa shape index (κ3) is 5.67. The van der Waals surface area contributed by atoms with Crippen molar-refractivity contribution in [3.05, 3.63) is 16.3 Å². The molecule has 0 bridgehead atoms. The SMILES string of the molecule is CC(C)CCn1nc2n(c1=O)CCC(NC(=O)CN1CCCN(C)CC1)CC2. The van der Waals surface area contributed by atoms with Crippen LogP contribution in [0, 0.1) is 5.92 Å². The normalized spacial score (nSPS) is 21.9. The van der Waals surface area contributed by atoms with E-state index < -0.39 is 0 Å². The van der Waals surface area contributed by atoms with Gasteiger partial charge < -0.3 is 10.2 Å². The maximum atomic E-state index is 12.6. The Balaban J connectivity index is 1.50. The van der Waals surface area contributed by atoms with Crippen LogP contribution >= 0.6 is 0 Å². The summed E-state index contributed by atoms with van der Waals surface area (Å²) in [7, 11) is 2.13. The zero-order valence-electron chi connectivity index (χ0n) is 17.7. The monoisotopic (exact) mass is 392 g/mol. The van der Waals surface area contributed by atoms with Crippen LogP contribution in [0.15, 0.2) is 4.79 Å². The van der Waals surface area contributed by atoms with Gasteiger partial charge in [0.2, 0.25) is 5.91 Å². The maximum absolute atomic E-state index is 12.6. The van der Waals surface area contributed by atoms with E-state index in [1.54, 1.807) is 9.25 Å². The second-order valence-corrected chi connectivity index (χ2v) is 8.78. The summed E-state index contributed by atoms with van der Waals surface area (Å²) in [6, 6.07) is 0.118. The van der Waals surface area contributed by atoms with Crippen LogP contribution in [0.2, 0.25) is 0 Å². The molecule has 158 valence electrons. The molecule has 0 aromatic carbocycles. The number of aromatic nitrogens is 3. The molecule has 8 heteroatoms. The van der Waals surface area contributed by atoms with Crippen molar-refractivity contribution < 1.29 is 4.79 Å². The number of hydrogen-bond donors (Lipinski definition) is 1. The lowest BCUT2D eigenvalue weighted by atomic mass is 10.1. The van der Waals surface area contributed by atoms with E-state index in [-0.39, 0.29) is 17.6 Å². The van der Waals surface area contributed by atoms with Crippen LogP contribution in [0.3, 0.4) is 0 Å². The average Bonchev–Trinajstić information content (AvgIpc) is 2.80. The molecule has 1 atom stereocenters. The van der Waals surface area contributed by atoms with Gasteiger partial charge in [-0.2, -0.15) is 5.10 Å². The fraction of sp³-hybridized carbons (Fsp3) is 0.850. The summed E-state index contributed by atoms with van der Waals surface area (Å²) >= 11 is 0. The third-order valence-electron chi connectivity index (χ3n) is 5.88. The number of aryl methyl sites for hydroxylation is 2. The highest BCUT2D eigenvalue weighted by Crippen LogP contribution is 2.12. The van der Waals surface area contributed by atoms with E-state index in [1.165, 1.54) is 0 Å². The number of hydrogen-bond acceptors (Lipinski definition) is 5. The van der Waals surface area contributed by atoms with E-state index in [0.717, 1.165) is 64.1 Å². The maximum Gasteiger partial charge on any atom is 0.345 e. The Morgan fingerprint density at radius 2 is 2.00 bits per heavy atom. The lowest BCUT2D eigenvalue weighted by Crippen LogP contribution is -2.43. The topological polar surface area (TPSA) is 75.4 Å². The molecular weight excluding hydrogens is 356 g/mol. The highest BCUT2D eigenvalue weighted by atomic mass is 16.2. The Bertz CT molecular complexity index is 710. The average molecular weight is 393 g/mol. The fourth-order valence-corrected chi connectivity index (χ4v) is 4.03. The number of rotatable bonds is 6. The molecule has 28 heavy (non-hydrogen) atoms. The first-order chi connectivity index (χ1) is 13.4. The molecular formula is C20H36N6O2. The molecule has 0 radical (unpaired) electrons. The summed E-state index contributed by atoms with van der Waals surface area (Å²) in [5.74, 6) is 1.52. The Morgan fingerprint density at radius 3 is 2.79 bits per heavy atom. The minimum absolute atomic E-state index is 0.00341. The van der Waals surface area contributed by atoms with Gasteiger partial charge in [0.25, 0.3) is 0 Å². The number of amides is 1. The molecule has 0 aliphatic carbocycles. The summed E-state index contributed by atoms with van der Waals surface area (Å²) in [6.07, 6.45) is 4.44. The first-order valence-corrected chi connectivity index (χ1v) is 10.8. The van der Waals surface area contributed by atoms with Gasteiger partial charge in [-0.05, 0) is 51.7 Å². The quantitative estimate of drug-likeness (QED) is 0.765. The number of nitrogens with one attached hydrogen (secondary N) is 1. The highest BCUT2D eigenvalue weighted by Gasteiger charge is 2.23. The van der Waals surface area contributed by atoms with Gasteiger partial charge in [-0.15, -0.1) is 0 Å². The molecule has 1 fully saturated rings. The Hall–Kier alpha value is -1.67. The predicted molar refractivity (Wildman–Crippen MR) is 109 cm³/mol. The van der Waals surface area contributed by atoms with E-state index in [9.17, 15) is 9.59 Å². The number of carbonyl (C=O) groups excluding carboxylic acids is 1. The molecule has 1 N–H and O–H groups in total. The standard InChI is InChI=1S/C20H36N6O2/c1-16(2)7-12-26-20(28)25-11-8-17(5-6-18(25)22-26)21-19(27)15-24-10-4-9-23(3)13-14-24/h16-17H,4-15H2,1-3H3,(H,21,27). The van der Waals surface area contributed by atoms with Gasteiger partial charge in [0.05, 0.1) is 6.54 Å². The molecule has 0 saturated carbocycles. The van der Waals surface area contributed by atoms with Crippen LogP contribution in [0.5, 0.6) is 0 Å². The zero-order valence-corrected chi connectivity index (χ0v) is 17.7.